The van der Waals surface area contributed by atoms with Crippen LogP contribution in [0.25, 0.3) is 0 Å². The molecule has 1 unspecified atom stereocenters. The zero-order chi connectivity index (χ0) is 23.5. The first-order valence-corrected chi connectivity index (χ1v) is 9.66. The molecule has 0 fully saturated rings. The van der Waals surface area contributed by atoms with E-state index < -0.39 is 5.97 Å². The van der Waals surface area contributed by atoms with Gasteiger partial charge in [-0.15, -0.1) is 0 Å². The first-order chi connectivity index (χ1) is 15.4. The van der Waals surface area contributed by atoms with Gasteiger partial charge >= 0.3 is 5.97 Å². The average molecular weight is 435 g/mol. The fraction of sp³-hybridized carbons (Fsp3) is 0.208. The van der Waals surface area contributed by atoms with Crippen molar-refractivity contribution in [1.29, 1.82) is 5.26 Å². The smallest absolute Gasteiger partial charge is 0.341 e. The Kier molecular flexibility index (Phi) is 8.87. The molecule has 0 spiro atoms. The second kappa shape index (κ2) is 11.8. The maximum Gasteiger partial charge on any atom is 0.341 e. The van der Waals surface area contributed by atoms with Crippen LogP contribution in [0.5, 0.6) is 5.75 Å². The van der Waals surface area contributed by atoms with E-state index in [4.69, 9.17) is 24.7 Å². The van der Waals surface area contributed by atoms with Gasteiger partial charge in [-0.25, -0.2) is 9.79 Å². The zero-order valence-corrected chi connectivity index (χ0v) is 18.2. The number of allylic oxidation sites excluding steroid dienone is 4. The summed E-state index contributed by atoms with van der Waals surface area (Å²) in [4.78, 5) is 16.2. The molecule has 0 aliphatic heterocycles. The number of carbonyl (C=O) groups excluding carboxylic acids is 1. The molecule has 1 aromatic rings. The number of nitrogens with two attached hydrogens (primary N) is 1. The van der Waals surface area contributed by atoms with Crippen LogP contribution in [0.15, 0.2) is 88.9 Å². The normalized spacial score (nSPS) is 16.5. The van der Waals surface area contributed by atoms with E-state index in [0.717, 1.165) is 6.34 Å². The van der Waals surface area contributed by atoms with E-state index in [1.807, 2.05) is 19.1 Å². The van der Waals surface area contributed by atoms with Gasteiger partial charge in [0.1, 0.15) is 28.9 Å². The number of hydrogen-bond acceptors (Lipinski definition) is 7. The number of benzene rings is 1. The molecule has 0 heterocycles. The molecule has 0 saturated carbocycles. The Morgan fingerprint density at radius 3 is 2.72 bits per heavy atom. The molecule has 166 valence electrons. The Morgan fingerprint density at radius 1 is 1.31 bits per heavy atom. The van der Waals surface area contributed by atoms with Gasteiger partial charge < -0.3 is 24.7 Å². The summed E-state index contributed by atoms with van der Waals surface area (Å²) in [5.74, 6) is 0.688. The van der Waals surface area contributed by atoms with Gasteiger partial charge in [0.25, 0.3) is 0 Å². The molecule has 32 heavy (non-hydrogen) atoms. The topological polar surface area (TPSA) is 116 Å². The highest BCUT2D eigenvalue weighted by Crippen LogP contribution is 2.31. The van der Waals surface area contributed by atoms with E-state index in [9.17, 15) is 10.1 Å². The van der Waals surface area contributed by atoms with Gasteiger partial charge in [-0.05, 0) is 18.1 Å². The first kappa shape index (κ1) is 24.0. The van der Waals surface area contributed by atoms with Gasteiger partial charge in [-0.2, -0.15) is 5.26 Å². The molecule has 2 rings (SSSR count). The molecule has 1 aliphatic rings. The Labute approximate surface area is 187 Å². The van der Waals surface area contributed by atoms with Gasteiger partial charge in [-0.1, -0.05) is 37.8 Å². The van der Waals surface area contributed by atoms with Crippen molar-refractivity contribution >= 4 is 12.3 Å². The molecule has 1 aliphatic carbocycles. The lowest BCUT2D eigenvalue weighted by Gasteiger charge is -2.21. The summed E-state index contributed by atoms with van der Waals surface area (Å²) in [6, 6.07) is 8.75. The molecule has 0 saturated heterocycles. The van der Waals surface area contributed by atoms with Crippen molar-refractivity contribution in [2.45, 2.75) is 13.3 Å². The van der Waals surface area contributed by atoms with Crippen LogP contribution in [0.1, 0.15) is 18.9 Å². The summed E-state index contributed by atoms with van der Waals surface area (Å²) in [6.07, 6.45) is 8.05. The second-order valence-corrected chi connectivity index (χ2v) is 6.68. The summed E-state index contributed by atoms with van der Waals surface area (Å²) < 4.78 is 21.6. The number of rotatable bonds is 9. The molecule has 0 radical (unpaired) electrons. The number of para-hydroxylation sites is 1. The Hall–Kier alpha value is -4.25. The molecular formula is C24H25N3O5. The number of carbonyl (C=O) groups is 1. The number of aliphatic imine (C=N–C) groups is 1. The number of methoxy groups -OCH3 is 2. The monoisotopic (exact) mass is 435 g/mol. The van der Waals surface area contributed by atoms with Gasteiger partial charge in [0.2, 0.25) is 5.88 Å². The molecule has 0 bridgehead atoms. The van der Waals surface area contributed by atoms with Gasteiger partial charge in [0, 0.05) is 18.1 Å². The highest BCUT2D eigenvalue weighted by Gasteiger charge is 2.24. The lowest BCUT2D eigenvalue weighted by Crippen LogP contribution is -2.13. The van der Waals surface area contributed by atoms with Crippen LogP contribution in [0.4, 0.5) is 0 Å². The van der Waals surface area contributed by atoms with Crippen molar-refractivity contribution in [3.63, 3.8) is 0 Å². The van der Waals surface area contributed by atoms with Crippen LogP contribution in [0.2, 0.25) is 0 Å². The Balaban J connectivity index is 2.36. The number of esters is 1. The van der Waals surface area contributed by atoms with E-state index in [1.165, 1.54) is 26.6 Å². The summed E-state index contributed by atoms with van der Waals surface area (Å²) in [6.45, 7) is 5.91. The zero-order valence-electron chi connectivity index (χ0n) is 18.2. The van der Waals surface area contributed by atoms with Gasteiger partial charge in [-0.3, -0.25) is 0 Å². The Morgan fingerprint density at radius 2 is 2.06 bits per heavy atom. The summed E-state index contributed by atoms with van der Waals surface area (Å²) in [5.41, 5.74) is 6.50. The molecule has 2 N–H and O–H groups in total. The Bertz CT molecular complexity index is 1060. The van der Waals surface area contributed by atoms with E-state index in [0.29, 0.717) is 29.1 Å². The number of hydrogen-bond donors (Lipinski definition) is 1. The SMILES string of the molecule is C=C(/C=C(\N=CN)Oc1ccccc1C#N)OC1=C(/C(=C\OC)C(=O)OC)C=CC(C)C1. The molecule has 0 aromatic heterocycles. The molecule has 0 amide bonds. The second-order valence-electron chi connectivity index (χ2n) is 6.68. The van der Waals surface area contributed by atoms with Crippen LogP contribution in [-0.4, -0.2) is 26.5 Å². The van der Waals surface area contributed by atoms with Crippen LogP contribution in [0.3, 0.4) is 0 Å². The summed E-state index contributed by atoms with van der Waals surface area (Å²) >= 11 is 0. The first-order valence-electron chi connectivity index (χ1n) is 9.66. The molecular weight excluding hydrogens is 410 g/mol. The van der Waals surface area contributed by atoms with Crippen LogP contribution < -0.4 is 10.5 Å². The lowest BCUT2D eigenvalue weighted by atomic mass is 9.92. The third-order valence-corrected chi connectivity index (χ3v) is 4.29. The lowest BCUT2D eigenvalue weighted by molar-refractivity contribution is -0.135. The fourth-order valence-electron chi connectivity index (χ4n) is 2.86. The standard InChI is InChI=1S/C24H25N3O5/c1-16-9-10-19(20(14-29-3)24(28)30-4)22(11-16)31-17(2)12-23(27-15-26)32-21-8-6-5-7-18(21)13-25/h5-10,12,14-16H,2,11H2,1,3-4H3,(H2,26,27)/b20-14+,23-12+. The van der Waals surface area contributed by atoms with E-state index in [1.54, 1.807) is 30.3 Å². The summed E-state index contributed by atoms with van der Waals surface area (Å²) in [5, 5.41) is 9.25. The number of nitrogens with zero attached hydrogens (tertiary/aromatic N) is 2. The predicted octanol–water partition coefficient (Wildman–Crippen LogP) is 3.85. The molecule has 1 atom stereocenters. The fourth-order valence-corrected chi connectivity index (χ4v) is 2.86. The van der Waals surface area contributed by atoms with Crippen molar-refractivity contribution in [3.05, 3.63) is 89.4 Å². The molecule has 8 nitrogen and oxygen atoms in total. The van der Waals surface area contributed by atoms with Crippen molar-refractivity contribution in [1.82, 2.24) is 0 Å². The largest absolute Gasteiger partial charge is 0.503 e. The van der Waals surface area contributed by atoms with Gasteiger partial charge in [0.05, 0.1) is 32.4 Å². The predicted molar refractivity (Wildman–Crippen MR) is 120 cm³/mol. The van der Waals surface area contributed by atoms with Gasteiger partial charge in [0.15, 0.2) is 0 Å². The van der Waals surface area contributed by atoms with Crippen molar-refractivity contribution < 1.29 is 23.7 Å². The third kappa shape index (κ3) is 6.37. The van der Waals surface area contributed by atoms with Crippen LogP contribution in [0, 0.1) is 17.2 Å². The van der Waals surface area contributed by atoms with Crippen LogP contribution in [-0.2, 0) is 19.0 Å². The maximum absolute atomic E-state index is 12.2. The van der Waals surface area contributed by atoms with Crippen molar-refractivity contribution in [3.8, 4) is 11.8 Å². The maximum atomic E-state index is 12.2. The minimum absolute atomic E-state index is 0.0716. The van der Waals surface area contributed by atoms with Crippen LogP contribution >= 0.6 is 0 Å². The molecule has 1 aromatic carbocycles. The van der Waals surface area contributed by atoms with E-state index >= 15 is 0 Å². The van der Waals surface area contributed by atoms with E-state index in [-0.39, 0.29) is 23.1 Å². The quantitative estimate of drug-likeness (QED) is 0.156. The average Bonchev–Trinajstić information content (AvgIpc) is 2.78. The minimum atomic E-state index is -0.562. The van der Waals surface area contributed by atoms with Crippen molar-refractivity contribution in [2.24, 2.45) is 16.6 Å². The molecule has 8 heteroatoms. The highest BCUT2D eigenvalue weighted by atomic mass is 16.5. The number of nitriles is 1. The van der Waals surface area contributed by atoms with E-state index in [2.05, 4.69) is 11.6 Å². The van der Waals surface area contributed by atoms with Crippen molar-refractivity contribution in [2.75, 3.05) is 14.2 Å². The minimum Gasteiger partial charge on any atom is -0.503 e. The number of ether oxygens (including phenoxy) is 4. The highest BCUT2D eigenvalue weighted by molar-refractivity contribution is 5.94. The summed E-state index contributed by atoms with van der Waals surface area (Å²) in [7, 11) is 2.73. The third-order valence-electron chi connectivity index (χ3n) is 4.29.